The Morgan fingerprint density at radius 3 is 2.43 bits per heavy atom. The molecule has 0 saturated carbocycles. The van der Waals surface area contributed by atoms with Crippen molar-refractivity contribution in [2.45, 2.75) is 13.5 Å². The van der Waals surface area contributed by atoms with Crippen LogP contribution in [0.1, 0.15) is 11.1 Å². The molecule has 0 saturated heterocycles. The number of non-ortho nitro benzene ring substituents is 1. The van der Waals surface area contributed by atoms with E-state index in [0.29, 0.717) is 5.75 Å². The fourth-order valence-corrected chi connectivity index (χ4v) is 1.82. The van der Waals surface area contributed by atoms with Gasteiger partial charge < -0.3 is 4.74 Å². The van der Waals surface area contributed by atoms with Crippen molar-refractivity contribution in [1.82, 2.24) is 0 Å². The van der Waals surface area contributed by atoms with Crippen molar-refractivity contribution in [3.05, 3.63) is 73.8 Å². The summed E-state index contributed by atoms with van der Waals surface area (Å²) in [6.07, 6.45) is 0. The summed E-state index contributed by atoms with van der Waals surface area (Å²) in [6, 6.07) is 10.8. The molecule has 0 N–H and O–H groups in total. The second kappa shape index (κ2) is 6.00. The van der Waals surface area contributed by atoms with E-state index in [0.717, 1.165) is 11.6 Å². The molecule has 0 aromatic heterocycles. The number of hydrogen-bond donors (Lipinski definition) is 0. The zero-order valence-corrected chi connectivity index (χ0v) is 11.2. The molecular weight excluding hydrogens is 276 g/mol. The van der Waals surface area contributed by atoms with Crippen molar-refractivity contribution in [2.75, 3.05) is 0 Å². The summed E-state index contributed by atoms with van der Waals surface area (Å²) in [4.78, 5) is 20.3. The number of benzene rings is 2. The minimum Gasteiger partial charge on any atom is -0.489 e. The highest BCUT2D eigenvalue weighted by atomic mass is 16.6. The van der Waals surface area contributed by atoms with Crippen LogP contribution in [0.2, 0.25) is 0 Å². The molecule has 0 aliphatic rings. The number of rotatable bonds is 5. The van der Waals surface area contributed by atoms with E-state index >= 15 is 0 Å². The molecule has 2 aromatic rings. The van der Waals surface area contributed by atoms with Gasteiger partial charge in [0.1, 0.15) is 12.4 Å². The molecule has 0 radical (unpaired) electrons. The molecule has 2 rings (SSSR count). The molecular formula is C14H12N2O5. The predicted molar refractivity (Wildman–Crippen MR) is 75.3 cm³/mol. The van der Waals surface area contributed by atoms with Crippen LogP contribution in [0.5, 0.6) is 5.75 Å². The largest absolute Gasteiger partial charge is 0.489 e. The van der Waals surface area contributed by atoms with Gasteiger partial charge in [0.15, 0.2) is 0 Å². The summed E-state index contributed by atoms with van der Waals surface area (Å²) in [5, 5.41) is 21.6. The van der Waals surface area contributed by atoms with Crippen LogP contribution in [0.15, 0.2) is 42.5 Å². The SMILES string of the molecule is Cc1cccc(OCc2ccc([N+](=O)[O-])cc2[N+](=O)[O-])c1. The third-order valence-electron chi connectivity index (χ3n) is 2.86. The van der Waals surface area contributed by atoms with Crippen LogP contribution >= 0.6 is 0 Å². The molecule has 21 heavy (non-hydrogen) atoms. The maximum absolute atomic E-state index is 11.0. The van der Waals surface area contributed by atoms with Crippen molar-refractivity contribution in [1.29, 1.82) is 0 Å². The van der Waals surface area contributed by atoms with Crippen LogP contribution in [-0.2, 0) is 6.61 Å². The summed E-state index contributed by atoms with van der Waals surface area (Å²) in [7, 11) is 0. The summed E-state index contributed by atoms with van der Waals surface area (Å²) < 4.78 is 5.49. The molecule has 2 aromatic carbocycles. The van der Waals surface area contributed by atoms with Crippen LogP contribution < -0.4 is 4.74 Å². The predicted octanol–water partition coefficient (Wildman–Crippen LogP) is 3.39. The number of hydrogen-bond acceptors (Lipinski definition) is 5. The van der Waals surface area contributed by atoms with Crippen molar-refractivity contribution >= 4 is 11.4 Å². The molecule has 0 bridgehead atoms. The summed E-state index contributed by atoms with van der Waals surface area (Å²) in [6.45, 7) is 1.87. The highest BCUT2D eigenvalue weighted by Crippen LogP contribution is 2.26. The minimum atomic E-state index is -0.668. The third kappa shape index (κ3) is 3.53. The Hall–Kier alpha value is -2.96. The number of nitrogens with zero attached hydrogens (tertiary/aromatic N) is 2. The van der Waals surface area contributed by atoms with E-state index in [4.69, 9.17) is 4.74 Å². The van der Waals surface area contributed by atoms with Gasteiger partial charge in [-0.25, -0.2) is 0 Å². The first-order valence-electron chi connectivity index (χ1n) is 6.08. The van der Waals surface area contributed by atoms with E-state index < -0.39 is 9.85 Å². The van der Waals surface area contributed by atoms with E-state index in [1.165, 1.54) is 12.1 Å². The Labute approximate surface area is 120 Å². The topological polar surface area (TPSA) is 95.5 Å². The van der Waals surface area contributed by atoms with E-state index in [1.807, 2.05) is 19.1 Å². The number of nitro benzene ring substituents is 2. The maximum Gasteiger partial charge on any atom is 0.282 e. The van der Waals surface area contributed by atoms with Crippen molar-refractivity contribution in [3.8, 4) is 5.75 Å². The van der Waals surface area contributed by atoms with Crippen LogP contribution in [0.25, 0.3) is 0 Å². The third-order valence-corrected chi connectivity index (χ3v) is 2.86. The number of nitro groups is 2. The number of ether oxygens (including phenoxy) is 1. The van der Waals surface area contributed by atoms with Gasteiger partial charge in [0.2, 0.25) is 0 Å². The lowest BCUT2D eigenvalue weighted by molar-refractivity contribution is -0.394. The Morgan fingerprint density at radius 2 is 1.81 bits per heavy atom. The van der Waals surface area contributed by atoms with Crippen molar-refractivity contribution in [3.63, 3.8) is 0 Å². The van der Waals surface area contributed by atoms with Gasteiger partial charge in [-0.15, -0.1) is 0 Å². The molecule has 0 spiro atoms. The lowest BCUT2D eigenvalue weighted by atomic mass is 10.1. The first-order chi connectivity index (χ1) is 9.97. The number of aryl methyl sites for hydroxylation is 1. The molecule has 0 atom stereocenters. The monoisotopic (exact) mass is 288 g/mol. The van der Waals surface area contributed by atoms with E-state index in [2.05, 4.69) is 0 Å². The molecule has 0 aliphatic heterocycles. The average Bonchev–Trinajstić information content (AvgIpc) is 2.44. The molecule has 0 heterocycles. The van der Waals surface area contributed by atoms with Gasteiger partial charge in [-0.1, -0.05) is 12.1 Å². The fourth-order valence-electron chi connectivity index (χ4n) is 1.82. The summed E-state index contributed by atoms with van der Waals surface area (Å²) in [5.41, 5.74) is 0.649. The van der Waals surface area contributed by atoms with Crippen LogP contribution in [0.3, 0.4) is 0 Å². The lowest BCUT2D eigenvalue weighted by Gasteiger charge is -2.07. The normalized spacial score (nSPS) is 10.1. The van der Waals surface area contributed by atoms with Gasteiger partial charge in [-0.3, -0.25) is 20.2 Å². The molecule has 0 unspecified atom stereocenters. The Kier molecular flexibility index (Phi) is 4.13. The Balaban J connectivity index is 2.23. The highest BCUT2D eigenvalue weighted by Gasteiger charge is 2.19. The van der Waals surface area contributed by atoms with Gasteiger partial charge in [-0.05, 0) is 30.7 Å². The maximum atomic E-state index is 11.0. The molecule has 108 valence electrons. The zero-order chi connectivity index (χ0) is 15.4. The zero-order valence-electron chi connectivity index (χ0n) is 11.2. The second-order valence-electron chi connectivity index (χ2n) is 4.43. The van der Waals surface area contributed by atoms with E-state index in [9.17, 15) is 20.2 Å². The Morgan fingerprint density at radius 1 is 1.05 bits per heavy atom. The second-order valence-corrected chi connectivity index (χ2v) is 4.43. The minimum absolute atomic E-state index is 0.0300. The average molecular weight is 288 g/mol. The fraction of sp³-hybridized carbons (Fsp3) is 0.143. The van der Waals surface area contributed by atoms with Crippen molar-refractivity contribution in [2.24, 2.45) is 0 Å². The molecule has 0 amide bonds. The van der Waals surface area contributed by atoms with Crippen LogP contribution in [0, 0.1) is 27.2 Å². The quantitative estimate of drug-likeness (QED) is 0.620. The van der Waals surface area contributed by atoms with Gasteiger partial charge >= 0.3 is 0 Å². The first kappa shape index (κ1) is 14.4. The molecule has 0 fully saturated rings. The lowest BCUT2D eigenvalue weighted by Crippen LogP contribution is -2.02. The molecule has 7 heteroatoms. The van der Waals surface area contributed by atoms with Gasteiger partial charge in [-0.2, -0.15) is 0 Å². The summed E-state index contributed by atoms with van der Waals surface area (Å²) >= 11 is 0. The highest BCUT2D eigenvalue weighted by molar-refractivity contribution is 5.49. The molecule has 0 aliphatic carbocycles. The Bertz CT molecular complexity index is 700. The standard InChI is InChI=1S/C14H12N2O5/c1-10-3-2-4-13(7-10)21-9-11-5-6-12(15(17)18)8-14(11)16(19)20/h2-8H,9H2,1H3. The smallest absolute Gasteiger partial charge is 0.282 e. The van der Waals surface area contributed by atoms with E-state index in [1.54, 1.807) is 12.1 Å². The van der Waals surface area contributed by atoms with E-state index in [-0.39, 0.29) is 23.5 Å². The van der Waals surface area contributed by atoms with Gasteiger partial charge in [0.25, 0.3) is 11.4 Å². The van der Waals surface area contributed by atoms with Crippen LogP contribution in [0.4, 0.5) is 11.4 Å². The summed E-state index contributed by atoms with van der Waals surface area (Å²) in [5.74, 6) is 0.586. The van der Waals surface area contributed by atoms with Gasteiger partial charge in [0, 0.05) is 6.07 Å². The van der Waals surface area contributed by atoms with Crippen LogP contribution in [-0.4, -0.2) is 9.85 Å². The molecule has 7 nitrogen and oxygen atoms in total. The van der Waals surface area contributed by atoms with Crippen molar-refractivity contribution < 1.29 is 14.6 Å². The van der Waals surface area contributed by atoms with Gasteiger partial charge in [0.05, 0.1) is 21.5 Å². The first-order valence-corrected chi connectivity index (χ1v) is 6.08.